The lowest BCUT2D eigenvalue weighted by molar-refractivity contribution is -0.113. The van der Waals surface area contributed by atoms with Gasteiger partial charge in [-0.05, 0) is 42.4 Å². The molecule has 3 aromatic rings. The topological polar surface area (TPSA) is 71.0 Å². The Morgan fingerprint density at radius 1 is 1.37 bits per heavy atom. The third-order valence-corrected chi connectivity index (χ3v) is 7.48. The van der Waals surface area contributed by atoms with E-state index in [0.29, 0.717) is 17.6 Å². The van der Waals surface area contributed by atoms with Gasteiger partial charge in [-0.25, -0.2) is 9.97 Å². The van der Waals surface area contributed by atoms with Gasteiger partial charge in [-0.1, -0.05) is 56.0 Å². The molecule has 4 rings (SSSR count). The maximum Gasteiger partial charge on any atom is 0.234 e. The van der Waals surface area contributed by atoms with Gasteiger partial charge in [-0.2, -0.15) is 4.98 Å². The maximum atomic E-state index is 12.5. The molecule has 0 aliphatic carbocycles. The van der Waals surface area contributed by atoms with Crippen LogP contribution >= 0.6 is 23.1 Å². The number of thiazole rings is 1. The van der Waals surface area contributed by atoms with E-state index in [9.17, 15) is 4.79 Å². The van der Waals surface area contributed by atoms with Crippen LogP contribution in [-0.2, 0) is 4.79 Å². The second-order valence-corrected chi connectivity index (χ2v) is 10.1. The molecule has 158 valence electrons. The SMILES string of the molecule is CC(C)c1cccc(NC(=O)CSc2ncnc3nc(N4CCC[C@H](C)C4)sc23)c1. The molecule has 30 heavy (non-hydrogen) atoms. The first kappa shape index (κ1) is 21.1. The Bertz CT molecular complexity index is 1040. The van der Waals surface area contributed by atoms with Crippen molar-refractivity contribution >= 4 is 50.2 Å². The van der Waals surface area contributed by atoms with Crippen LogP contribution in [0.2, 0.25) is 0 Å². The normalized spacial score (nSPS) is 16.9. The monoisotopic (exact) mass is 441 g/mol. The van der Waals surface area contributed by atoms with E-state index in [4.69, 9.17) is 4.98 Å². The van der Waals surface area contributed by atoms with Crippen LogP contribution in [0.1, 0.15) is 45.1 Å². The smallest absolute Gasteiger partial charge is 0.234 e. The van der Waals surface area contributed by atoms with E-state index in [2.05, 4.69) is 47.0 Å². The van der Waals surface area contributed by atoms with Crippen molar-refractivity contribution in [3.63, 3.8) is 0 Å². The molecule has 2 aromatic heterocycles. The van der Waals surface area contributed by atoms with Crippen LogP contribution in [0, 0.1) is 5.92 Å². The summed E-state index contributed by atoms with van der Waals surface area (Å²) in [6.45, 7) is 8.65. The van der Waals surface area contributed by atoms with Gasteiger partial charge < -0.3 is 10.2 Å². The number of aromatic nitrogens is 3. The Labute approximate surface area is 185 Å². The van der Waals surface area contributed by atoms with Crippen LogP contribution in [0.4, 0.5) is 10.8 Å². The Morgan fingerprint density at radius 2 is 2.23 bits per heavy atom. The van der Waals surface area contributed by atoms with Crippen molar-refractivity contribution in [2.45, 2.75) is 44.6 Å². The van der Waals surface area contributed by atoms with Crippen LogP contribution in [0.15, 0.2) is 35.6 Å². The van der Waals surface area contributed by atoms with Crippen LogP contribution < -0.4 is 10.2 Å². The van der Waals surface area contributed by atoms with Gasteiger partial charge in [-0.3, -0.25) is 4.79 Å². The fraction of sp³-hybridized carbons (Fsp3) is 0.455. The van der Waals surface area contributed by atoms with Gasteiger partial charge in [0.05, 0.1) is 5.75 Å². The number of carbonyl (C=O) groups is 1. The van der Waals surface area contributed by atoms with E-state index in [1.54, 1.807) is 11.3 Å². The molecule has 1 aromatic carbocycles. The molecule has 1 saturated heterocycles. The molecule has 1 aliphatic rings. The van der Waals surface area contributed by atoms with Gasteiger partial charge in [0, 0.05) is 18.8 Å². The number of fused-ring (bicyclic) bond motifs is 1. The van der Waals surface area contributed by atoms with Crippen molar-refractivity contribution < 1.29 is 4.79 Å². The number of amides is 1. The highest BCUT2D eigenvalue weighted by Gasteiger charge is 2.21. The summed E-state index contributed by atoms with van der Waals surface area (Å²) in [5.41, 5.74) is 2.76. The summed E-state index contributed by atoms with van der Waals surface area (Å²) in [6.07, 6.45) is 4.01. The van der Waals surface area contributed by atoms with Gasteiger partial charge in [0.15, 0.2) is 10.8 Å². The first-order chi connectivity index (χ1) is 14.5. The van der Waals surface area contributed by atoms with Gasteiger partial charge in [-0.15, -0.1) is 0 Å². The van der Waals surface area contributed by atoms with Crippen LogP contribution in [0.25, 0.3) is 10.3 Å². The number of piperidine rings is 1. The van der Waals surface area contributed by atoms with Gasteiger partial charge in [0.25, 0.3) is 0 Å². The second-order valence-electron chi connectivity index (χ2n) is 8.14. The van der Waals surface area contributed by atoms with Gasteiger partial charge >= 0.3 is 0 Å². The number of thioether (sulfide) groups is 1. The molecule has 0 bridgehead atoms. The number of rotatable bonds is 6. The van der Waals surface area contributed by atoms with Gasteiger partial charge in [0.1, 0.15) is 16.1 Å². The molecule has 8 heteroatoms. The number of benzene rings is 1. The number of hydrogen-bond acceptors (Lipinski definition) is 7. The Kier molecular flexibility index (Phi) is 6.53. The number of nitrogens with one attached hydrogen (secondary N) is 1. The highest BCUT2D eigenvalue weighted by atomic mass is 32.2. The molecule has 1 atom stereocenters. The summed E-state index contributed by atoms with van der Waals surface area (Å²) in [7, 11) is 0. The molecule has 0 saturated carbocycles. The zero-order chi connectivity index (χ0) is 21.1. The minimum Gasteiger partial charge on any atom is -0.348 e. The molecule has 0 unspecified atom stereocenters. The fourth-order valence-corrected chi connectivity index (χ4v) is 5.56. The lowest BCUT2D eigenvalue weighted by atomic mass is 10.0. The Balaban J connectivity index is 1.43. The Morgan fingerprint density at radius 3 is 3.03 bits per heavy atom. The van der Waals surface area contributed by atoms with E-state index in [-0.39, 0.29) is 5.91 Å². The summed E-state index contributed by atoms with van der Waals surface area (Å²) in [4.78, 5) is 28.3. The molecule has 3 heterocycles. The van der Waals surface area contributed by atoms with E-state index in [1.807, 2.05) is 18.2 Å². The average molecular weight is 442 g/mol. The van der Waals surface area contributed by atoms with Gasteiger partial charge in [0.2, 0.25) is 5.91 Å². The molecule has 0 radical (unpaired) electrons. The van der Waals surface area contributed by atoms with Crippen molar-refractivity contribution in [1.82, 2.24) is 15.0 Å². The predicted molar refractivity (Wildman–Crippen MR) is 126 cm³/mol. The molecule has 1 aliphatic heterocycles. The number of nitrogens with zero attached hydrogens (tertiary/aromatic N) is 4. The summed E-state index contributed by atoms with van der Waals surface area (Å²) in [5, 5.41) is 4.82. The summed E-state index contributed by atoms with van der Waals surface area (Å²) in [6, 6.07) is 8.02. The summed E-state index contributed by atoms with van der Waals surface area (Å²) < 4.78 is 0.963. The zero-order valence-corrected chi connectivity index (χ0v) is 19.2. The molecule has 1 amide bonds. The molecular formula is C22H27N5OS2. The molecule has 1 N–H and O–H groups in total. The van der Waals surface area contributed by atoms with E-state index in [0.717, 1.165) is 39.3 Å². The molecular weight excluding hydrogens is 414 g/mol. The first-order valence-corrected chi connectivity index (χ1v) is 12.2. The maximum absolute atomic E-state index is 12.5. The standard InChI is InChI=1S/C22H27N5OS2/c1-14(2)16-7-4-8-17(10-16)25-18(28)12-29-21-19-20(23-13-24-21)26-22(30-19)27-9-5-6-15(3)11-27/h4,7-8,10,13-15H,5-6,9,11-12H2,1-3H3,(H,25,28)/t15-/m0/s1. The second kappa shape index (κ2) is 9.31. The average Bonchev–Trinajstić information content (AvgIpc) is 3.17. The minimum atomic E-state index is -0.0396. The van der Waals surface area contributed by atoms with Crippen molar-refractivity contribution in [2.75, 3.05) is 29.1 Å². The fourth-order valence-electron chi connectivity index (χ4n) is 3.63. The lowest BCUT2D eigenvalue weighted by Crippen LogP contribution is -2.34. The van der Waals surface area contributed by atoms with E-state index < -0.39 is 0 Å². The highest BCUT2D eigenvalue weighted by molar-refractivity contribution is 8.00. The van der Waals surface area contributed by atoms with Crippen LogP contribution in [0.3, 0.4) is 0 Å². The Hall–Kier alpha value is -2.19. The van der Waals surface area contributed by atoms with Crippen molar-refractivity contribution in [2.24, 2.45) is 5.92 Å². The zero-order valence-electron chi connectivity index (χ0n) is 17.6. The van der Waals surface area contributed by atoms with E-state index >= 15 is 0 Å². The van der Waals surface area contributed by atoms with Crippen molar-refractivity contribution in [3.8, 4) is 0 Å². The largest absolute Gasteiger partial charge is 0.348 e. The van der Waals surface area contributed by atoms with Crippen LogP contribution in [0.5, 0.6) is 0 Å². The van der Waals surface area contributed by atoms with Crippen molar-refractivity contribution in [1.29, 1.82) is 0 Å². The van der Waals surface area contributed by atoms with Crippen LogP contribution in [-0.4, -0.2) is 39.7 Å². The third kappa shape index (κ3) is 4.92. The first-order valence-electron chi connectivity index (χ1n) is 10.4. The number of carbonyl (C=O) groups excluding carboxylic acids is 1. The lowest BCUT2D eigenvalue weighted by Gasteiger charge is -2.30. The summed E-state index contributed by atoms with van der Waals surface area (Å²) >= 11 is 3.07. The quantitative estimate of drug-likeness (QED) is 0.420. The molecule has 1 fully saturated rings. The van der Waals surface area contributed by atoms with Crippen molar-refractivity contribution in [3.05, 3.63) is 36.2 Å². The number of hydrogen-bond donors (Lipinski definition) is 1. The predicted octanol–water partition coefficient (Wildman–Crippen LogP) is 5.18. The minimum absolute atomic E-state index is 0.0396. The highest BCUT2D eigenvalue weighted by Crippen LogP contribution is 2.35. The molecule has 0 spiro atoms. The third-order valence-electron chi connectivity index (χ3n) is 5.25. The molecule has 6 nitrogen and oxygen atoms in total. The van der Waals surface area contributed by atoms with E-state index in [1.165, 1.54) is 36.5 Å². The summed E-state index contributed by atoms with van der Waals surface area (Å²) in [5.74, 6) is 1.37. The number of anilines is 2.